The second-order valence-electron chi connectivity index (χ2n) is 6.05. The summed E-state index contributed by atoms with van der Waals surface area (Å²) in [6.07, 6.45) is 7.74. The van der Waals surface area contributed by atoms with E-state index in [9.17, 15) is 4.39 Å². The van der Waals surface area contributed by atoms with Crippen molar-refractivity contribution < 1.29 is 9.13 Å². The zero-order valence-corrected chi connectivity index (χ0v) is 11.0. The summed E-state index contributed by atoms with van der Waals surface area (Å²) in [5.41, 5.74) is -1.03. The average molecular weight is 243 g/mol. The summed E-state index contributed by atoms with van der Waals surface area (Å²) in [6, 6.07) is 0.211. The van der Waals surface area contributed by atoms with Crippen LogP contribution in [0.3, 0.4) is 0 Å². The van der Waals surface area contributed by atoms with Crippen molar-refractivity contribution in [1.82, 2.24) is 5.32 Å². The molecule has 0 aromatic heterocycles. The third kappa shape index (κ3) is 4.55. The van der Waals surface area contributed by atoms with Gasteiger partial charge in [0.25, 0.3) is 0 Å². The summed E-state index contributed by atoms with van der Waals surface area (Å²) in [7, 11) is 0. The highest BCUT2D eigenvalue weighted by molar-refractivity contribution is 4.85. The second kappa shape index (κ2) is 6.14. The minimum absolute atomic E-state index is 0.211. The Labute approximate surface area is 104 Å². The van der Waals surface area contributed by atoms with Gasteiger partial charge in [-0.25, -0.2) is 4.39 Å². The number of halogens is 1. The summed E-state index contributed by atoms with van der Waals surface area (Å²) in [5, 5.41) is 3.35. The molecular weight excluding hydrogens is 217 g/mol. The molecule has 2 nitrogen and oxygen atoms in total. The standard InChI is InChI=1S/C14H26FNO/c1-14(15,9-12-5-3-2-4-6-12)10-13-11-17-8-7-16-13/h12-13,16H,2-11H2,1H3. The maximum absolute atomic E-state index is 14.6. The zero-order chi connectivity index (χ0) is 12.1. The van der Waals surface area contributed by atoms with Crippen LogP contribution >= 0.6 is 0 Å². The number of alkyl halides is 1. The first-order valence-corrected chi connectivity index (χ1v) is 7.16. The van der Waals surface area contributed by atoms with Crippen molar-refractivity contribution in [1.29, 1.82) is 0 Å². The fraction of sp³-hybridized carbons (Fsp3) is 1.00. The molecule has 1 saturated heterocycles. The Balaban J connectivity index is 1.75. The van der Waals surface area contributed by atoms with Gasteiger partial charge in [-0.1, -0.05) is 32.1 Å². The van der Waals surface area contributed by atoms with Gasteiger partial charge in [-0.15, -0.1) is 0 Å². The van der Waals surface area contributed by atoms with Crippen LogP contribution in [0.2, 0.25) is 0 Å². The molecule has 2 unspecified atom stereocenters. The highest BCUT2D eigenvalue weighted by atomic mass is 19.1. The molecule has 1 saturated carbocycles. The Morgan fingerprint density at radius 2 is 2.00 bits per heavy atom. The lowest BCUT2D eigenvalue weighted by molar-refractivity contribution is 0.0381. The molecule has 2 fully saturated rings. The van der Waals surface area contributed by atoms with Crippen LogP contribution in [-0.4, -0.2) is 31.5 Å². The Morgan fingerprint density at radius 3 is 2.65 bits per heavy atom. The largest absolute Gasteiger partial charge is 0.379 e. The molecule has 100 valence electrons. The van der Waals surface area contributed by atoms with Gasteiger partial charge in [-0.3, -0.25) is 0 Å². The summed E-state index contributed by atoms with van der Waals surface area (Å²) < 4.78 is 20.0. The van der Waals surface area contributed by atoms with Gasteiger partial charge in [-0.05, 0) is 25.7 Å². The van der Waals surface area contributed by atoms with Crippen LogP contribution in [0.15, 0.2) is 0 Å². The molecule has 0 aromatic carbocycles. The van der Waals surface area contributed by atoms with Gasteiger partial charge >= 0.3 is 0 Å². The molecule has 2 rings (SSSR count). The average Bonchev–Trinajstić information content (AvgIpc) is 2.30. The van der Waals surface area contributed by atoms with Crippen LogP contribution in [0.5, 0.6) is 0 Å². The molecule has 1 N–H and O–H groups in total. The van der Waals surface area contributed by atoms with Crippen LogP contribution in [-0.2, 0) is 4.74 Å². The predicted molar refractivity (Wildman–Crippen MR) is 67.9 cm³/mol. The Morgan fingerprint density at radius 1 is 1.24 bits per heavy atom. The molecule has 1 aliphatic carbocycles. The SMILES string of the molecule is CC(F)(CC1CCCCC1)CC1COCCN1. The van der Waals surface area contributed by atoms with Crippen molar-refractivity contribution in [3.63, 3.8) is 0 Å². The van der Waals surface area contributed by atoms with Crippen molar-refractivity contribution in [2.45, 2.75) is 63.6 Å². The molecule has 3 heteroatoms. The van der Waals surface area contributed by atoms with E-state index in [1.807, 2.05) is 0 Å². The topological polar surface area (TPSA) is 21.3 Å². The van der Waals surface area contributed by atoms with E-state index in [1.54, 1.807) is 6.92 Å². The fourth-order valence-electron chi connectivity index (χ4n) is 3.34. The van der Waals surface area contributed by atoms with Crippen molar-refractivity contribution >= 4 is 0 Å². The monoisotopic (exact) mass is 243 g/mol. The predicted octanol–water partition coefficient (Wildman–Crippen LogP) is 3.06. The fourth-order valence-corrected chi connectivity index (χ4v) is 3.34. The van der Waals surface area contributed by atoms with E-state index in [2.05, 4.69) is 5.32 Å². The number of hydrogen-bond donors (Lipinski definition) is 1. The van der Waals surface area contributed by atoms with Crippen LogP contribution in [0.4, 0.5) is 4.39 Å². The summed E-state index contributed by atoms with van der Waals surface area (Å²) in [4.78, 5) is 0. The molecule has 2 atom stereocenters. The lowest BCUT2D eigenvalue weighted by Gasteiger charge is -2.33. The molecule has 2 aliphatic rings. The van der Waals surface area contributed by atoms with E-state index in [1.165, 1.54) is 32.1 Å². The first-order valence-electron chi connectivity index (χ1n) is 7.16. The number of morpholine rings is 1. The van der Waals surface area contributed by atoms with E-state index in [0.29, 0.717) is 18.9 Å². The minimum Gasteiger partial charge on any atom is -0.379 e. The van der Waals surface area contributed by atoms with Gasteiger partial charge in [0.05, 0.1) is 13.2 Å². The van der Waals surface area contributed by atoms with E-state index in [0.717, 1.165) is 19.6 Å². The van der Waals surface area contributed by atoms with E-state index in [-0.39, 0.29) is 6.04 Å². The maximum atomic E-state index is 14.6. The maximum Gasteiger partial charge on any atom is 0.110 e. The van der Waals surface area contributed by atoms with E-state index < -0.39 is 5.67 Å². The quantitative estimate of drug-likeness (QED) is 0.819. The first kappa shape index (κ1) is 13.3. The normalized spacial score (nSPS) is 31.1. The molecule has 17 heavy (non-hydrogen) atoms. The van der Waals surface area contributed by atoms with Crippen LogP contribution in [0.25, 0.3) is 0 Å². The zero-order valence-electron chi connectivity index (χ0n) is 11.0. The van der Waals surface area contributed by atoms with Gasteiger partial charge in [0.1, 0.15) is 5.67 Å². The van der Waals surface area contributed by atoms with Gasteiger partial charge < -0.3 is 10.1 Å². The van der Waals surface area contributed by atoms with Crippen molar-refractivity contribution in [2.24, 2.45) is 5.92 Å². The molecule has 1 heterocycles. The lowest BCUT2D eigenvalue weighted by atomic mass is 9.80. The minimum atomic E-state index is -1.03. The first-order chi connectivity index (χ1) is 8.16. The van der Waals surface area contributed by atoms with Crippen molar-refractivity contribution in [3.8, 4) is 0 Å². The van der Waals surface area contributed by atoms with Gasteiger partial charge in [0.15, 0.2) is 0 Å². The van der Waals surface area contributed by atoms with E-state index >= 15 is 0 Å². The molecule has 0 aromatic rings. The van der Waals surface area contributed by atoms with Gasteiger partial charge in [0.2, 0.25) is 0 Å². The van der Waals surface area contributed by atoms with Crippen LogP contribution in [0.1, 0.15) is 51.9 Å². The molecule has 0 amide bonds. The Kier molecular flexibility index (Phi) is 4.80. The summed E-state index contributed by atoms with van der Waals surface area (Å²) in [5.74, 6) is 0.614. The Bertz CT molecular complexity index is 198. The van der Waals surface area contributed by atoms with E-state index in [4.69, 9.17) is 4.74 Å². The molecule has 0 bridgehead atoms. The molecule has 0 radical (unpaired) electrons. The van der Waals surface area contributed by atoms with Crippen molar-refractivity contribution in [3.05, 3.63) is 0 Å². The third-order valence-corrected chi connectivity index (χ3v) is 4.11. The highest BCUT2D eigenvalue weighted by Gasteiger charge is 2.32. The van der Waals surface area contributed by atoms with Gasteiger partial charge in [-0.2, -0.15) is 0 Å². The highest BCUT2D eigenvalue weighted by Crippen LogP contribution is 2.34. The molecule has 0 spiro atoms. The number of hydrogen-bond acceptors (Lipinski definition) is 2. The number of rotatable bonds is 4. The van der Waals surface area contributed by atoms with Gasteiger partial charge in [0, 0.05) is 12.6 Å². The van der Waals surface area contributed by atoms with Crippen LogP contribution < -0.4 is 5.32 Å². The van der Waals surface area contributed by atoms with Crippen molar-refractivity contribution in [2.75, 3.05) is 19.8 Å². The Hall–Kier alpha value is -0.150. The second-order valence-corrected chi connectivity index (χ2v) is 6.05. The third-order valence-electron chi connectivity index (χ3n) is 4.11. The van der Waals surface area contributed by atoms with Crippen LogP contribution in [0, 0.1) is 5.92 Å². The summed E-state index contributed by atoms with van der Waals surface area (Å²) in [6.45, 7) is 4.08. The summed E-state index contributed by atoms with van der Waals surface area (Å²) >= 11 is 0. The number of nitrogens with one attached hydrogen (secondary N) is 1. The molecular formula is C14H26FNO. The number of ether oxygens (including phenoxy) is 1. The molecule has 1 aliphatic heterocycles. The smallest absolute Gasteiger partial charge is 0.110 e. The lowest BCUT2D eigenvalue weighted by Crippen LogP contribution is -2.45.